The summed E-state index contributed by atoms with van der Waals surface area (Å²) in [6.45, 7) is 1.98. The number of pyridine rings is 1. The van der Waals surface area contributed by atoms with Crippen LogP contribution in [0.1, 0.15) is 23.7 Å². The van der Waals surface area contributed by atoms with E-state index >= 15 is 0 Å². The zero-order chi connectivity index (χ0) is 13.7. The summed E-state index contributed by atoms with van der Waals surface area (Å²) in [5, 5.41) is 31.5. The largest absolute Gasteiger partial charge is 0.477 e. The van der Waals surface area contributed by atoms with Crippen molar-refractivity contribution in [2.24, 2.45) is 0 Å². The molecule has 1 aromatic rings. The van der Waals surface area contributed by atoms with Gasteiger partial charge in [-0.05, 0) is 6.42 Å². The van der Waals surface area contributed by atoms with Crippen LogP contribution in [0, 0.1) is 10.1 Å². The van der Waals surface area contributed by atoms with Crippen LogP contribution in [0.4, 0.5) is 11.5 Å². The average molecular weight is 255 g/mol. The Hall–Kier alpha value is -2.22. The van der Waals surface area contributed by atoms with Crippen LogP contribution >= 0.6 is 0 Å². The number of aromatic carboxylic acids is 1. The molecule has 1 aromatic heterocycles. The molecule has 0 spiro atoms. The molecule has 0 bridgehead atoms. The molecule has 0 aromatic carbocycles. The van der Waals surface area contributed by atoms with Crippen molar-refractivity contribution < 1.29 is 19.9 Å². The number of nitro groups is 1. The van der Waals surface area contributed by atoms with Crippen molar-refractivity contribution in [1.29, 1.82) is 0 Å². The first-order valence-corrected chi connectivity index (χ1v) is 5.25. The Balaban J connectivity index is 2.93. The number of nitrogens with zero attached hydrogens (tertiary/aromatic N) is 2. The van der Waals surface area contributed by atoms with Crippen LogP contribution in [0.5, 0.6) is 0 Å². The van der Waals surface area contributed by atoms with Gasteiger partial charge in [0.15, 0.2) is 0 Å². The molecule has 3 N–H and O–H groups in total. The second kappa shape index (κ2) is 5.92. The third kappa shape index (κ3) is 3.39. The zero-order valence-corrected chi connectivity index (χ0v) is 9.66. The Kier molecular flexibility index (Phi) is 4.55. The molecule has 0 amide bonds. The highest BCUT2D eigenvalue weighted by Crippen LogP contribution is 2.20. The highest BCUT2D eigenvalue weighted by molar-refractivity contribution is 5.93. The quantitative estimate of drug-likeness (QED) is 0.508. The van der Waals surface area contributed by atoms with Crippen LogP contribution in [0.3, 0.4) is 0 Å². The molecular weight excluding hydrogens is 242 g/mol. The van der Waals surface area contributed by atoms with Crippen molar-refractivity contribution >= 4 is 17.5 Å². The van der Waals surface area contributed by atoms with Crippen molar-refractivity contribution in [2.45, 2.75) is 19.4 Å². The molecule has 0 fully saturated rings. The predicted octanol–water partition coefficient (Wildman–Crippen LogP) is 0.871. The third-order valence-electron chi connectivity index (χ3n) is 2.30. The fraction of sp³-hybridized carbons (Fsp3) is 0.400. The van der Waals surface area contributed by atoms with E-state index < -0.39 is 28.2 Å². The van der Waals surface area contributed by atoms with Gasteiger partial charge in [0.1, 0.15) is 17.6 Å². The van der Waals surface area contributed by atoms with E-state index in [0.29, 0.717) is 6.42 Å². The lowest BCUT2D eigenvalue weighted by Gasteiger charge is -2.10. The number of nitrogens with one attached hydrogen (secondary N) is 1. The highest BCUT2D eigenvalue weighted by atomic mass is 16.6. The fourth-order valence-electron chi connectivity index (χ4n) is 1.23. The van der Waals surface area contributed by atoms with Crippen LogP contribution in [0.25, 0.3) is 0 Å². The summed E-state index contributed by atoms with van der Waals surface area (Å²) in [6.07, 6.45) is 0.825. The van der Waals surface area contributed by atoms with E-state index in [2.05, 4.69) is 10.3 Å². The Morgan fingerprint density at radius 1 is 1.67 bits per heavy atom. The maximum Gasteiger partial charge on any atom is 0.342 e. The van der Waals surface area contributed by atoms with Gasteiger partial charge in [-0.25, -0.2) is 9.78 Å². The van der Waals surface area contributed by atoms with E-state index in [0.717, 1.165) is 12.3 Å². The lowest BCUT2D eigenvalue weighted by Crippen LogP contribution is -2.19. The molecule has 1 atom stereocenters. The summed E-state index contributed by atoms with van der Waals surface area (Å²) in [7, 11) is 0. The van der Waals surface area contributed by atoms with Gasteiger partial charge in [-0.1, -0.05) is 6.92 Å². The summed E-state index contributed by atoms with van der Waals surface area (Å²) >= 11 is 0. The number of aromatic nitrogens is 1. The topological polar surface area (TPSA) is 126 Å². The number of anilines is 1. The van der Waals surface area contributed by atoms with Gasteiger partial charge in [0.05, 0.1) is 11.0 Å². The molecule has 18 heavy (non-hydrogen) atoms. The smallest absolute Gasteiger partial charge is 0.342 e. The Morgan fingerprint density at radius 2 is 2.33 bits per heavy atom. The zero-order valence-electron chi connectivity index (χ0n) is 9.66. The molecule has 0 saturated heterocycles. The second-order valence-electron chi connectivity index (χ2n) is 3.59. The van der Waals surface area contributed by atoms with E-state index in [-0.39, 0.29) is 12.4 Å². The van der Waals surface area contributed by atoms with Crippen molar-refractivity contribution in [3.63, 3.8) is 0 Å². The highest BCUT2D eigenvalue weighted by Gasteiger charge is 2.21. The van der Waals surface area contributed by atoms with Crippen molar-refractivity contribution in [3.8, 4) is 0 Å². The number of carboxylic acid groups (broad SMARTS) is 1. The van der Waals surface area contributed by atoms with Crippen LogP contribution in [0.15, 0.2) is 12.3 Å². The number of carboxylic acids is 1. The number of hydrogen-bond acceptors (Lipinski definition) is 6. The van der Waals surface area contributed by atoms with Gasteiger partial charge in [0.2, 0.25) is 0 Å². The minimum absolute atomic E-state index is 0.172. The lowest BCUT2D eigenvalue weighted by atomic mass is 10.2. The molecule has 98 valence electrons. The van der Waals surface area contributed by atoms with E-state index in [1.54, 1.807) is 6.92 Å². The van der Waals surface area contributed by atoms with Crippen molar-refractivity contribution in [3.05, 3.63) is 27.9 Å². The standard InChI is InChI=1S/C10H13N3O5/c1-2-6(14)4-11-9-3-7(10(15)16)8(5-12-9)13(17)18/h3,5-6,14H,2,4H2,1H3,(H,11,12)(H,15,16). The van der Waals surface area contributed by atoms with Crippen molar-refractivity contribution in [2.75, 3.05) is 11.9 Å². The molecule has 8 heteroatoms. The fourth-order valence-corrected chi connectivity index (χ4v) is 1.23. The number of hydrogen-bond donors (Lipinski definition) is 3. The normalized spacial score (nSPS) is 11.9. The number of aliphatic hydroxyl groups is 1. The van der Waals surface area contributed by atoms with Gasteiger partial charge in [-0.15, -0.1) is 0 Å². The Morgan fingerprint density at radius 3 is 2.83 bits per heavy atom. The van der Waals surface area contributed by atoms with Gasteiger partial charge in [-0.3, -0.25) is 10.1 Å². The maximum atomic E-state index is 10.9. The van der Waals surface area contributed by atoms with Crippen LogP contribution in [-0.4, -0.2) is 38.7 Å². The minimum atomic E-state index is -1.40. The average Bonchev–Trinajstić information content (AvgIpc) is 2.35. The van der Waals surface area contributed by atoms with E-state index in [1.807, 2.05) is 0 Å². The van der Waals surface area contributed by atoms with E-state index in [1.165, 1.54) is 0 Å². The molecule has 0 radical (unpaired) electrons. The van der Waals surface area contributed by atoms with Crippen LogP contribution in [0.2, 0.25) is 0 Å². The molecule has 8 nitrogen and oxygen atoms in total. The van der Waals surface area contributed by atoms with Gasteiger partial charge >= 0.3 is 11.7 Å². The van der Waals surface area contributed by atoms with Gasteiger partial charge in [0, 0.05) is 12.6 Å². The molecule has 0 aliphatic carbocycles. The molecule has 0 saturated carbocycles. The third-order valence-corrected chi connectivity index (χ3v) is 2.30. The number of rotatable bonds is 6. The molecule has 0 aliphatic rings. The van der Waals surface area contributed by atoms with Crippen LogP contribution < -0.4 is 5.32 Å². The second-order valence-corrected chi connectivity index (χ2v) is 3.59. The molecule has 1 unspecified atom stereocenters. The maximum absolute atomic E-state index is 10.9. The molecule has 1 heterocycles. The van der Waals surface area contributed by atoms with E-state index in [4.69, 9.17) is 5.11 Å². The molecular formula is C10H13N3O5. The Bertz CT molecular complexity index is 463. The summed E-state index contributed by atoms with van der Waals surface area (Å²) < 4.78 is 0. The number of carbonyl (C=O) groups is 1. The first-order valence-electron chi connectivity index (χ1n) is 5.25. The van der Waals surface area contributed by atoms with Crippen molar-refractivity contribution in [1.82, 2.24) is 4.98 Å². The summed E-state index contributed by atoms with van der Waals surface area (Å²) in [5.74, 6) is -1.23. The number of aliphatic hydroxyl groups excluding tert-OH is 1. The molecule has 1 rings (SSSR count). The van der Waals surface area contributed by atoms with Crippen LogP contribution in [-0.2, 0) is 0 Å². The Labute approximate surface area is 102 Å². The minimum Gasteiger partial charge on any atom is -0.477 e. The molecule has 0 aliphatic heterocycles. The SMILES string of the molecule is CCC(O)CNc1cc(C(=O)O)c([N+](=O)[O-])cn1. The first kappa shape index (κ1) is 13.8. The van der Waals surface area contributed by atoms with Gasteiger partial charge in [-0.2, -0.15) is 0 Å². The first-order chi connectivity index (χ1) is 8.45. The van der Waals surface area contributed by atoms with E-state index in [9.17, 15) is 20.0 Å². The lowest BCUT2D eigenvalue weighted by molar-refractivity contribution is -0.385. The summed E-state index contributed by atoms with van der Waals surface area (Å²) in [4.78, 5) is 24.4. The summed E-state index contributed by atoms with van der Waals surface area (Å²) in [6, 6.07) is 1.07. The summed E-state index contributed by atoms with van der Waals surface area (Å²) in [5.41, 5.74) is -1.01. The monoisotopic (exact) mass is 255 g/mol. The van der Waals surface area contributed by atoms with Gasteiger partial charge in [0.25, 0.3) is 0 Å². The van der Waals surface area contributed by atoms with Gasteiger partial charge < -0.3 is 15.5 Å². The predicted molar refractivity (Wildman–Crippen MR) is 62.6 cm³/mol.